The molecule has 0 aliphatic rings. The molecule has 0 saturated heterocycles. The van der Waals surface area contributed by atoms with Gasteiger partial charge in [-0.3, -0.25) is 4.98 Å². The Hall–Kier alpha value is -1.90. The van der Waals surface area contributed by atoms with E-state index in [1.165, 1.54) is 11.1 Å². The van der Waals surface area contributed by atoms with Crippen molar-refractivity contribution in [2.75, 3.05) is 5.32 Å². The third-order valence-corrected chi connectivity index (χ3v) is 2.91. The van der Waals surface area contributed by atoms with Gasteiger partial charge in [0.2, 0.25) is 0 Å². The van der Waals surface area contributed by atoms with Gasteiger partial charge in [0.25, 0.3) is 0 Å². The molecule has 2 rings (SSSR count). The molecule has 0 bridgehead atoms. The zero-order valence-electron chi connectivity index (χ0n) is 10.5. The average Bonchev–Trinajstić information content (AvgIpc) is 2.32. The summed E-state index contributed by atoms with van der Waals surface area (Å²) in [6.07, 6.45) is 1.78. The highest BCUT2D eigenvalue weighted by molar-refractivity contribution is 5.36. The van der Waals surface area contributed by atoms with E-state index in [0.717, 1.165) is 23.8 Å². The van der Waals surface area contributed by atoms with E-state index in [2.05, 4.69) is 46.5 Å². The molecule has 88 valence electrons. The van der Waals surface area contributed by atoms with Gasteiger partial charge in [-0.2, -0.15) is 0 Å². The largest absolute Gasteiger partial charge is 0.365 e. The number of benzene rings is 1. The first-order valence-electron chi connectivity index (χ1n) is 5.75. The molecule has 0 aliphatic carbocycles. The molecule has 0 radical (unpaired) electrons. The molecule has 0 spiro atoms. The number of hydrogen-bond donors (Lipinski definition) is 1. The van der Waals surface area contributed by atoms with Gasteiger partial charge in [0.15, 0.2) is 0 Å². The van der Waals surface area contributed by atoms with Crippen LogP contribution in [-0.4, -0.2) is 9.97 Å². The van der Waals surface area contributed by atoms with Crippen LogP contribution in [0.4, 0.5) is 5.82 Å². The van der Waals surface area contributed by atoms with E-state index in [-0.39, 0.29) is 0 Å². The molecule has 0 aliphatic heterocycles. The van der Waals surface area contributed by atoms with Crippen LogP contribution in [0.1, 0.15) is 22.5 Å². The van der Waals surface area contributed by atoms with Crippen molar-refractivity contribution in [3.63, 3.8) is 0 Å². The predicted octanol–water partition coefficient (Wildman–Crippen LogP) is 3.01. The van der Waals surface area contributed by atoms with E-state index < -0.39 is 0 Å². The maximum absolute atomic E-state index is 4.44. The molecule has 17 heavy (non-hydrogen) atoms. The second-order valence-corrected chi connectivity index (χ2v) is 4.21. The van der Waals surface area contributed by atoms with Crippen molar-refractivity contribution in [1.29, 1.82) is 0 Å². The quantitative estimate of drug-likeness (QED) is 0.875. The van der Waals surface area contributed by atoms with Crippen LogP contribution in [0, 0.1) is 20.8 Å². The molecule has 1 N–H and O–H groups in total. The van der Waals surface area contributed by atoms with Crippen molar-refractivity contribution < 1.29 is 0 Å². The molecule has 1 aromatic carbocycles. The monoisotopic (exact) mass is 227 g/mol. The molecule has 2 aromatic rings. The lowest BCUT2D eigenvalue weighted by Gasteiger charge is -2.09. The second-order valence-electron chi connectivity index (χ2n) is 4.21. The van der Waals surface area contributed by atoms with Crippen LogP contribution in [0.15, 0.2) is 30.5 Å². The zero-order chi connectivity index (χ0) is 12.3. The summed E-state index contributed by atoms with van der Waals surface area (Å²) in [5.41, 5.74) is 4.52. The molecule has 0 saturated carbocycles. The molecule has 0 amide bonds. The minimum absolute atomic E-state index is 0.782. The number of rotatable bonds is 3. The molecule has 0 fully saturated rings. The number of anilines is 1. The summed E-state index contributed by atoms with van der Waals surface area (Å²) in [4.78, 5) is 8.73. The Morgan fingerprint density at radius 1 is 1.06 bits per heavy atom. The van der Waals surface area contributed by atoms with Gasteiger partial charge in [-0.1, -0.05) is 24.3 Å². The van der Waals surface area contributed by atoms with Crippen molar-refractivity contribution >= 4 is 5.82 Å². The zero-order valence-corrected chi connectivity index (χ0v) is 10.5. The molecule has 0 unspecified atom stereocenters. The Kier molecular flexibility index (Phi) is 3.38. The highest BCUT2D eigenvalue weighted by atomic mass is 15.0. The maximum atomic E-state index is 4.44. The minimum atomic E-state index is 0.782. The summed E-state index contributed by atoms with van der Waals surface area (Å²) >= 11 is 0. The fourth-order valence-electron chi connectivity index (χ4n) is 1.62. The Morgan fingerprint density at radius 3 is 2.53 bits per heavy atom. The van der Waals surface area contributed by atoms with E-state index in [4.69, 9.17) is 0 Å². The number of aromatic nitrogens is 2. The Morgan fingerprint density at radius 2 is 1.82 bits per heavy atom. The van der Waals surface area contributed by atoms with E-state index in [1.54, 1.807) is 6.20 Å². The summed E-state index contributed by atoms with van der Waals surface area (Å²) in [5.74, 6) is 0.830. The minimum Gasteiger partial charge on any atom is -0.365 e. The van der Waals surface area contributed by atoms with Crippen LogP contribution in [0.5, 0.6) is 0 Å². The summed E-state index contributed by atoms with van der Waals surface area (Å²) in [6.45, 7) is 6.83. The normalized spacial score (nSPS) is 10.3. The molecule has 1 heterocycles. The van der Waals surface area contributed by atoms with Crippen LogP contribution in [0.3, 0.4) is 0 Å². The predicted molar refractivity (Wildman–Crippen MR) is 70.0 cm³/mol. The highest BCUT2D eigenvalue weighted by Gasteiger charge is 2.00. The van der Waals surface area contributed by atoms with Crippen molar-refractivity contribution in [3.8, 4) is 0 Å². The first kappa shape index (κ1) is 11.6. The Bertz CT molecular complexity index is 521. The van der Waals surface area contributed by atoms with Crippen LogP contribution in [-0.2, 0) is 6.54 Å². The standard InChI is InChI=1S/C14H17N3/c1-10-6-4-5-7-13(10)8-16-14-9-15-11(2)12(3)17-14/h4-7,9H,8H2,1-3H3,(H,16,17). The fourth-order valence-corrected chi connectivity index (χ4v) is 1.62. The Balaban J connectivity index is 2.08. The first-order valence-corrected chi connectivity index (χ1v) is 5.75. The van der Waals surface area contributed by atoms with Crippen molar-refractivity contribution in [2.24, 2.45) is 0 Å². The van der Waals surface area contributed by atoms with E-state index in [1.807, 2.05) is 13.8 Å². The molecule has 1 aromatic heterocycles. The van der Waals surface area contributed by atoms with Gasteiger partial charge in [-0.25, -0.2) is 4.98 Å². The molecular weight excluding hydrogens is 210 g/mol. The Labute approximate surface area is 102 Å². The lowest BCUT2D eigenvalue weighted by atomic mass is 10.1. The van der Waals surface area contributed by atoms with Gasteiger partial charge in [-0.05, 0) is 31.9 Å². The lowest BCUT2D eigenvalue weighted by molar-refractivity contribution is 1.01. The van der Waals surface area contributed by atoms with E-state index in [9.17, 15) is 0 Å². The number of nitrogens with one attached hydrogen (secondary N) is 1. The molecular formula is C14H17N3. The fraction of sp³-hybridized carbons (Fsp3) is 0.286. The van der Waals surface area contributed by atoms with E-state index >= 15 is 0 Å². The van der Waals surface area contributed by atoms with Gasteiger partial charge < -0.3 is 5.32 Å². The van der Waals surface area contributed by atoms with Crippen LogP contribution in [0.2, 0.25) is 0 Å². The van der Waals surface area contributed by atoms with Crippen LogP contribution < -0.4 is 5.32 Å². The molecule has 3 heteroatoms. The van der Waals surface area contributed by atoms with Crippen molar-refractivity contribution in [1.82, 2.24) is 9.97 Å². The topological polar surface area (TPSA) is 37.8 Å². The number of aryl methyl sites for hydroxylation is 3. The SMILES string of the molecule is Cc1ccccc1CNc1cnc(C)c(C)n1. The summed E-state index contributed by atoms with van der Waals surface area (Å²) in [6, 6.07) is 8.34. The highest BCUT2D eigenvalue weighted by Crippen LogP contribution is 2.10. The van der Waals surface area contributed by atoms with E-state index in [0.29, 0.717) is 0 Å². The number of nitrogens with zero attached hydrogens (tertiary/aromatic N) is 2. The molecule has 3 nitrogen and oxygen atoms in total. The van der Waals surface area contributed by atoms with Gasteiger partial charge in [0.1, 0.15) is 5.82 Å². The van der Waals surface area contributed by atoms with Crippen LogP contribution in [0.25, 0.3) is 0 Å². The van der Waals surface area contributed by atoms with Gasteiger partial charge >= 0.3 is 0 Å². The van der Waals surface area contributed by atoms with Gasteiger partial charge in [0.05, 0.1) is 17.6 Å². The third-order valence-electron chi connectivity index (χ3n) is 2.91. The summed E-state index contributed by atoms with van der Waals surface area (Å²) < 4.78 is 0. The average molecular weight is 227 g/mol. The molecule has 0 atom stereocenters. The maximum Gasteiger partial charge on any atom is 0.145 e. The summed E-state index contributed by atoms with van der Waals surface area (Å²) in [7, 11) is 0. The number of hydrogen-bond acceptors (Lipinski definition) is 3. The third kappa shape index (κ3) is 2.81. The first-order chi connectivity index (χ1) is 8.16. The second kappa shape index (κ2) is 4.95. The van der Waals surface area contributed by atoms with Gasteiger partial charge in [0, 0.05) is 6.54 Å². The lowest BCUT2D eigenvalue weighted by Crippen LogP contribution is -2.04. The van der Waals surface area contributed by atoms with Crippen molar-refractivity contribution in [3.05, 3.63) is 53.0 Å². The van der Waals surface area contributed by atoms with Crippen LogP contribution >= 0.6 is 0 Å². The summed E-state index contributed by atoms with van der Waals surface area (Å²) in [5, 5.41) is 3.30. The van der Waals surface area contributed by atoms with Crippen molar-refractivity contribution in [2.45, 2.75) is 27.3 Å². The van der Waals surface area contributed by atoms with Gasteiger partial charge in [-0.15, -0.1) is 0 Å². The smallest absolute Gasteiger partial charge is 0.145 e.